The first kappa shape index (κ1) is 17.5. The minimum atomic E-state index is -1.31. The molecule has 23 heavy (non-hydrogen) atoms. The van der Waals surface area contributed by atoms with Crippen molar-refractivity contribution in [2.45, 2.75) is 31.6 Å². The summed E-state index contributed by atoms with van der Waals surface area (Å²) in [5, 5.41) is 21.6. The summed E-state index contributed by atoms with van der Waals surface area (Å²) in [5.41, 5.74) is 1.23. The molecule has 0 bridgehead atoms. The predicted molar refractivity (Wildman–Crippen MR) is 79.7 cm³/mol. The average molecular weight is 383 g/mol. The monoisotopic (exact) mass is 382 g/mol. The van der Waals surface area contributed by atoms with Crippen LogP contribution in [0.3, 0.4) is 0 Å². The molecular formula is C16H15BrO6-2. The van der Waals surface area contributed by atoms with Crippen molar-refractivity contribution in [1.82, 2.24) is 0 Å². The van der Waals surface area contributed by atoms with Crippen molar-refractivity contribution in [3.63, 3.8) is 0 Å². The normalized spacial score (nSPS) is 16.5. The van der Waals surface area contributed by atoms with Crippen LogP contribution in [0, 0.1) is 5.92 Å². The number of ether oxygens (including phenoxy) is 1. The Morgan fingerprint density at radius 3 is 2.43 bits per heavy atom. The second-order valence-electron chi connectivity index (χ2n) is 5.62. The van der Waals surface area contributed by atoms with Crippen molar-refractivity contribution in [3.05, 3.63) is 27.7 Å². The Morgan fingerprint density at radius 2 is 1.91 bits per heavy atom. The molecule has 1 aliphatic rings. The summed E-state index contributed by atoms with van der Waals surface area (Å²) < 4.78 is 5.94. The van der Waals surface area contributed by atoms with E-state index in [1.807, 2.05) is 0 Å². The number of hydrogen-bond donors (Lipinski definition) is 0. The number of hydrogen-bond acceptors (Lipinski definition) is 6. The van der Waals surface area contributed by atoms with Gasteiger partial charge in [-0.3, -0.25) is 4.79 Å². The Kier molecular flexibility index (Phi) is 5.41. The predicted octanol–water partition coefficient (Wildman–Crippen LogP) is 0.414. The van der Waals surface area contributed by atoms with Crippen LogP contribution in [0.5, 0.6) is 5.75 Å². The van der Waals surface area contributed by atoms with Crippen LogP contribution in [-0.4, -0.2) is 24.8 Å². The number of ketones is 1. The SMILES string of the molecule is COc1ccc(Br)c2c1C(=O)C[C@H]2CC(CC(=O)[O-])CC(=O)[O-]. The van der Waals surface area contributed by atoms with Gasteiger partial charge in [-0.2, -0.15) is 0 Å². The minimum Gasteiger partial charge on any atom is -0.550 e. The fourth-order valence-corrected chi connectivity index (χ4v) is 3.83. The van der Waals surface area contributed by atoms with Crippen LogP contribution in [0.25, 0.3) is 0 Å². The van der Waals surface area contributed by atoms with Crippen LogP contribution < -0.4 is 14.9 Å². The lowest BCUT2D eigenvalue weighted by Gasteiger charge is -2.22. The van der Waals surface area contributed by atoms with Crippen molar-refractivity contribution >= 4 is 33.7 Å². The number of Topliss-reactive ketones (excluding diaryl/α,β-unsaturated/α-hetero) is 1. The molecule has 0 unspecified atom stereocenters. The molecule has 0 aromatic heterocycles. The Bertz CT molecular complexity index is 638. The van der Waals surface area contributed by atoms with E-state index >= 15 is 0 Å². The summed E-state index contributed by atoms with van der Waals surface area (Å²) in [5.74, 6) is -3.16. The van der Waals surface area contributed by atoms with Crippen LogP contribution in [0.4, 0.5) is 0 Å². The van der Waals surface area contributed by atoms with Crippen molar-refractivity contribution in [2.75, 3.05) is 7.11 Å². The van der Waals surface area contributed by atoms with Gasteiger partial charge in [-0.1, -0.05) is 15.9 Å². The van der Waals surface area contributed by atoms with E-state index in [2.05, 4.69) is 15.9 Å². The molecule has 0 saturated heterocycles. The van der Waals surface area contributed by atoms with Crippen LogP contribution in [0.1, 0.15) is 47.5 Å². The number of benzene rings is 1. The molecule has 0 N–H and O–H groups in total. The van der Waals surface area contributed by atoms with Gasteiger partial charge in [0, 0.05) is 22.8 Å². The summed E-state index contributed by atoms with van der Waals surface area (Å²) >= 11 is 3.41. The fourth-order valence-electron chi connectivity index (χ4n) is 3.17. The van der Waals surface area contributed by atoms with Crippen LogP contribution in [-0.2, 0) is 9.59 Å². The minimum absolute atomic E-state index is 0.0937. The molecule has 0 radical (unpaired) electrons. The smallest absolute Gasteiger partial charge is 0.167 e. The summed E-state index contributed by atoms with van der Waals surface area (Å²) in [6.07, 6.45) is -0.303. The molecule has 1 aliphatic carbocycles. The highest BCUT2D eigenvalue weighted by molar-refractivity contribution is 9.10. The highest BCUT2D eigenvalue weighted by atomic mass is 79.9. The summed E-state index contributed by atoms with van der Waals surface area (Å²) in [4.78, 5) is 33.9. The van der Waals surface area contributed by atoms with Gasteiger partial charge in [0.1, 0.15) is 5.75 Å². The van der Waals surface area contributed by atoms with E-state index in [0.717, 1.165) is 10.0 Å². The lowest BCUT2D eigenvalue weighted by Crippen LogP contribution is -2.30. The van der Waals surface area contributed by atoms with Crippen LogP contribution in [0.2, 0.25) is 0 Å². The number of aliphatic carboxylic acids is 2. The van der Waals surface area contributed by atoms with Crippen molar-refractivity contribution < 1.29 is 29.3 Å². The van der Waals surface area contributed by atoms with E-state index in [1.54, 1.807) is 12.1 Å². The summed E-state index contributed by atoms with van der Waals surface area (Å²) in [7, 11) is 1.47. The van der Waals surface area contributed by atoms with Gasteiger partial charge in [-0.25, -0.2) is 0 Å². The van der Waals surface area contributed by atoms with Gasteiger partial charge in [0.2, 0.25) is 0 Å². The molecular weight excluding hydrogens is 368 g/mol. The molecule has 124 valence electrons. The molecule has 1 aromatic rings. The first-order chi connectivity index (χ1) is 10.8. The number of methoxy groups -OCH3 is 1. The number of carboxylic acids is 2. The third-order valence-corrected chi connectivity index (χ3v) is 4.71. The molecule has 1 aromatic carbocycles. The van der Waals surface area contributed by atoms with Crippen molar-refractivity contribution in [3.8, 4) is 5.75 Å². The van der Waals surface area contributed by atoms with Gasteiger partial charge in [0.05, 0.1) is 12.7 Å². The maximum atomic E-state index is 12.3. The maximum Gasteiger partial charge on any atom is 0.167 e. The van der Waals surface area contributed by atoms with E-state index in [-0.39, 0.29) is 37.4 Å². The number of rotatable bonds is 7. The van der Waals surface area contributed by atoms with Crippen LogP contribution in [0.15, 0.2) is 16.6 Å². The fraction of sp³-hybridized carbons (Fsp3) is 0.438. The van der Waals surface area contributed by atoms with Gasteiger partial charge in [0.25, 0.3) is 0 Å². The lowest BCUT2D eigenvalue weighted by atomic mass is 9.86. The van der Waals surface area contributed by atoms with Gasteiger partial charge in [-0.05, 0) is 48.8 Å². The lowest BCUT2D eigenvalue weighted by molar-refractivity contribution is -0.310. The maximum absolute atomic E-state index is 12.3. The third kappa shape index (κ3) is 3.90. The third-order valence-electron chi connectivity index (χ3n) is 4.02. The number of fused-ring (bicyclic) bond motifs is 1. The molecule has 0 aliphatic heterocycles. The quantitative estimate of drug-likeness (QED) is 0.675. The second kappa shape index (κ2) is 7.12. The first-order valence-electron chi connectivity index (χ1n) is 7.12. The largest absolute Gasteiger partial charge is 0.550 e. The Labute approximate surface area is 141 Å². The van der Waals surface area contributed by atoms with E-state index in [4.69, 9.17) is 4.74 Å². The molecule has 6 nitrogen and oxygen atoms in total. The van der Waals surface area contributed by atoms with E-state index in [9.17, 15) is 24.6 Å². The van der Waals surface area contributed by atoms with E-state index < -0.39 is 17.9 Å². The molecule has 0 heterocycles. The number of carbonyl (C=O) groups is 3. The molecule has 0 spiro atoms. The zero-order valence-corrected chi connectivity index (χ0v) is 14.1. The molecule has 0 saturated carbocycles. The van der Waals surface area contributed by atoms with Crippen molar-refractivity contribution in [1.29, 1.82) is 0 Å². The first-order valence-corrected chi connectivity index (χ1v) is 7.92. The van der Waals surface area contributed by atoms with Crippen LogP contribution >= 0.6 is 15.9 Å². The molecule has 0 amide bonds. The summed E-state index contributed by atoms with van der Waals surface area (Å²) in [6.45, 7) is 0. The second-order valence-corrected chi connectivity index (χ2v) is 6.47. The van der Waals surface area contributed by atoms with Gasteiger partial charge >= 0.3 is 0 Å². The Morgan fingerprint density at radius 1 is 1.30 bits per heavy atom. The Balaban J connectivity index is 2.31. The van der Waals surface area contributed by atoms with Gasteiger partial charge < -0.3 is 24.5 Å². The number of carboxylic acid groups (broad SMARTS) is 2. The van der Waals surface area contributed by atoms with E-state index in [1.165, 1.54) is 7.11 Å². The highest BCUT2D eigenvalue weighted by Gasteiger charge is 2.35. The zero-order chi connectivity index (χ0) is 17.1. The number of carbonyl (C=O) groups excluding carboxylic acids is 3. The number of halogens is 1. The average Bonchev–Trinajstić information content (AvgIpc) is 2.76. The molecule has 2 rings (SSSR count). The van der Waals surface area contributed by atoms with E-state index in [0.29, 0.717) is 11.3 Å². The Hall–Kier alpha value is -1.89. The highest BCUT2D eigenvalue weighted by Crippen LogP contribution is 2.45. The molecule has 0 fully saturated rings. The zero-order valence-electron chi connectivity index (χ0n) is 12.5. The summed E-state index contributed by atoms with van der Waals surface area (Å²) in [6, 6.07) is 3.44. The molecule has 7 heteroatoms. The van der Waals surface area contributed by atoms with Crippen molar-refractivity contribution in [2.24, 2.45) is 5.92 Å². The van der Waals surface area contributed by atoms with Gasteiger partial charge in [0.15, 0.2) is 5.78 Å². The van der Waals surface area contributed by atoms with Gasteiger partial charge in [-0.15, -0.1) is 0 Å². The molecule has 1 atom stereocenters. The standard InChI is InChI=1S/C16H17BrO6/c1-23-12-3-2-10(17)15-9(7-11(18)16(12)15)4-8(5-13(19)20)6-14(21)22/h2-3,8-9H,4-7H2,1H3,(H,19,20)(H,21,22)/p-2/t9-/m1/s1. The topological polar surface area (TPSA) is 107 Å².